The molecule has 1 aromatic carbocycles. The van der Waals surface area contributed by atoms with Gasteiger partial charge in [-0.25, -0.2) is 9.78 Å². The van der Waals surface area contributed by atoms with Crippen molar-refractivity contribution in [1.82, 2.24) is 14.5 Å². The van der Waals surface area contributed by atoms with Crippen LogP contribution >= 0.6 is 11.6 Å². The Labute approximate surface area is 195 Å². The Bertz CT molecular complexity index is 1410. The molecule has 0 amide bonds. The van der Waals surface area contributed by atoms with Crippen LogP contribution in [0.1, 0.15) is 58.1 Å². The molecule has 3 aromatic rings. The van der Waals surface area contributed by atoms with E-state index < -0.39 is 17.0 Å². The molecular weight excluding hydrogens is 442 g/mol. The van der Waals surface area contributed by atoms with E-state index in [-0.39, 0.29) is 34.7 Å². The van der Waals surface area contributed by atoms with E-state index in [1.54, 1.807) is 38.1 Å². The lowest BCUT2D eigenvalue weighted by Gasteiger charge is -2.18. The molecule has 168 valence electrons. The van der Waals surface area contributed by atoms with Crippen LogP contribution in [-0.4, -0.2) is 20.3 Å². The van der Waals surface area contributed by atoms with E-state index in [2.05, 4.69) is 9.97 Å². The second-order valence-corrected chi connectivity index (χ2v) is 8.30. The lowest BCUT2D eigenvalue weighted by molar-refractivity contribution is 0.102. The van der Waals surface area contributed by atoms with Gasteiger partial charge in [-0.05, 0) is 59.9 Å². The van der Waals surface area contributed by atoms with Crippen molar-refractivity contribution >= 4 is 29.3 Å². The predicted octanol–water partition coefficient (Wildman–Crippen LogP) is 3.42. The van der Waals surface area contributed by atoms with Gasteiger partial charge < -0.3 is 5.73 Å². The monoisotopic (exact) mass is 463 g/mol. The number of hydrogen-bond acceptors (Lipinski definition) is 6. The standard InChI is InChI=1S/C24H22ClN5O3/c1-13(2)20-21(22(31)17-8-14(3)7-15(9-17)5-4-6-26)30(24(33)29-23(20)32)12-16-10-18(25)28-19(27)11-16/h4-5,7-11,13H,12H2,1-3H3,(H2,27,28)(H,29,32,33). The van der Waals surface area contributed by atoms with Crippen LogP contribution in [-0.2, 0) is 6.54 Å². The molecule has 33 heavy (non-hydrogen) atoms. The highest BCUT2D eigenvalue weighted by atomic mass is 35.5. The largest absolute Gasteiger partial charge is 0.384 e. The normalized spacial score (nSPS) is 11.2. The smallest absolute Gasteiger partial charge is 0.329 e. The van der Waals surface area contributed by atoms with Crippen molar-refractivity contribution < 1.29 is 4.79 Å². The number of carbonyl (C=O) groups is 1. The van der Waals surface area contributed by atoms with Gasteiger partial charge >= 0.3 is 5.69 Å². The summed E-state index contributed by atoms with van der Waals surface area (Å²) < 4.78 is 1.22. The first kappa shape index (κ1) is 23.7. The number of nitrogens with two attached hydrogens (primary N) is 1. The minimum Gasteiger partial charge on any atom is -0.384 e. The third-order valence-corrected chi connectivity index (χ3v) is 5.15. The fraction of sp³-hybridized carbons (Fsp3) is 0.208. The van der Waals surface area contributed by atoms with Crippen molar-refractivity contribution in [2.75, 3.05) is 5.73 Å². The van der Waals surface area contributed by atoms with Gasteiger partial charge in [-0.3, -0.25) is 19.1 Å². The van der Waals surface area contributed by atoms with Gasteiger partial charge in [0.25, 0.3) is 5.56 Å². The number of allylic oxidation sites excluding steroid dienone is 1. The molecule has 2 aromatic heterocycles. The molecule has 0 saturated heterocycles. The maximum atomic E-state index is 13.7. The zero-order valence-electron chi connectivity index (χ0n) is 18.3. The molecule has 0 saturated carbocycles. The van der Waals surface area contributed by atoms with E-state index in [4.69, 9.17) is 22.6 Å². The molecule has 0 atom stereocenters. The van der Waals surface area contributed by atoms with Crippen molar-refractivity contribution in [2.45, 2.75) is 33.2 Å². The minimum absolute atomic E-state index is 0.00827. The van der Waals surface area contributed by atoms with Crippen molar-refractivity contribution in [1.29, 1.82) is 5.26 Å². The summed E-state index contributed by atoms with van der Waals surface area (Å²) in [7, 11) is 0. The molecule has 0 unspecified atom stereocenters. The number of halogens is 1. The number of rotatable bonds is 6. The summed E-state index contributed by atoms with van der Waals surface area (Å²) in [5.41, 5.74) is 6.91. The van der Waals surface area contributed by atoms with Crippen LogP contribution in [0, 0.1) is 18.3 Å². The first-order valence-electron chi connectivity index (χ1n) is 10.1. The molecule has 0 spiro atoms. The molecule has 8 nitrogen and oxygen atoms in total. The number of aryl methyl sites for hydroxylation is 1. The highest BCUT2D eigenvalue weighted by Crippen LogP contribution is 2.22. The van der Waals surface area contributed by atoms with Crippen molar-refractivity contribution in [3.8, 4) is 6.07 Å². The number of nitrogen functional groups attached to an aromatic ring is 1. The number of aromatic amines is 1. The number of hydrogen-bond donors (Lipinski definition) is 2. The Kier molecular flexibility index (Phi) is 6.95. The molecule has 0 bridgehead atoms. The van der Waals surface area contributed by atoms with E-state index in [0.29, 0.717) is 16.7 Å². The average Bonchev–Trinajstić information content (AvgIpc) is 2.72. The molecule has 3 N–H and O–H groups in total. The van der Waals surface area contributed by atoms with Gasteiger partial charge in [0.15, 0.2) is 0 Å². The van der Waals surface area contributed by atoms with Crippen LogP contribution in [0.25, 0.3) is 6.08 Å². The summed E-state index contributed by atoms with van der Waals surface area (Å²) in [5, 5.41) is 8.97. The van der Waals surface area contributed by atoms with Crippen LogP contribution < -0.4 is 17.0 Å². The Hall–Kier alpha value is -3.96. The first-order chi connectivity index (χ1) is 15.6. The number of nitrogens with zero attached hydrogens (tertiary/aromatic N) is 3. The number of nitriles is 1. The predicted molar refractivity (Wildman–Crippen MR) is 127 cm³/mol. The van der Waals surface area contributed by atoms with Gasteiger partial charge in [0.05, 0.1) is 12.6 Å². The van der Waals surface area contributed by atoms with E-state index in [1.165, 1.54) is 16.7 Å². The lowest BCUT2D eigenvalue weighted by Crippen LogP contribution is -2.38. The Balaban J connectivity index is 2.27. The Morgan fingerprint density at radius 2 is 2.00 bits per heavy atom. The molecule has 2 heterocycles. The maximum Gasteiger partial charge on any atom is 0.329 e. The highest BCUT2D eigenvalue weighted by Gasteiger charge is 2.25. The van der Waals surface area contributed by atoms with Crippen molar-refractivity contribution in [3.05, 3.63) is 95.9 Å². The first-order valence-corrected chi connectivity index (χ1v) is 10.5. The summed E-state index contributed by atoms with van der Waals surface area (Å²) in [6, 6.07) is 10.1. The van der Waals surface area contributed by atoms with Crippen LogP contribution in [0.3, 0.4) is 0 Å². The molecule has 0 radical (unpaired) electrons. The number of nitrogens with one attached hydrogen (secondary N) is 1. The second kappa shape index (κ2) is 9.67. The van der Waals surface area contributed by atoms with Crippen LogP contribution in [0.15, 0.2) is 46.0 Å². The van der Waals surface area contributed by atoms with E-state index in [9.17, 15) is 14.4 Å². The number of benzene rings is 1. The third kappa shape index (κ3) is 5.27. The van der Waals surface area contributed by atoms with Gasteiger partial charge in [0.2, 0.25) is 5.78 Å². The summed E-state index contributed by atoms with van der Waals surface area (Å²) in [5.74, 6) is -0.654. The SMILES string of the molecule is Cc1cc(C=CC#N)cc(C(=O)c2c(C(C)C)c(=O)[nH]c(=O)n2Cc2cc(N)nc(Cl)c2)c1. The highest BCUT2D eigenvalue weighted by molar-refractivity contribution is 6.29. The van der Waals surface area contributed by atoms with Crippen LogP contribution in [0.4, 0.5) is 5.82 Å². The summed E-state index contributed by atoms with van der Waals surface area (Å²) in [6.45, 7) is 5.32. The summed E-state index contributed by atoms with van der Waals surface area (Å²) in [6.07, 6.45) is 2.89. The number of H-pyrrole nitrogens is 1. The van der Waals surface area contributed by atoms with Gasteiger partial charge in [0, 0.05) is 17.2 Å². The van der Waals surface area contributed by atoms with Gasteiger partial charge in [-0.15, -0.1) is 0 Å². The Morgan fingerprint density at radius 3 is 2.64 bits per heavy atom. The minimum atomic E-state index is -0.725. The van der Waals surface area contributed by atoms with Crippen LogP contribution in [0.5, 0.6) is 0 Å². The van der Waals surface area contributed by atoms with E-state index in [0.717, 1.165) is 5.56 Å². The fourth-order valence-electron chi connectivity index (χ4n) is 3.67. The Morgan fingerprint density at radius 1 is 1.27 bits per heavy atom. The molecule has 0 fully saturated rings. The zero-order valence-corrected chi connectivity index (χ0v) is 19.1. The quantitative estimate of drug-likeness (QED) is 0.326. The number of anilines is 1. The van der Waals surface area contributed by atoms with Gasteiger partial charge in [0.1, 0.15) is 16.7 Å². The number of carbonyl (C=O) groups excluding carboxylic acids is 1. The van der Waals surface area contributed by atoms with Gasteiger partial charge in [-0.2, -0.15) is 5.26 Å². The summed E-state index contributed by atoms with van der Waals surface area (Å²) >= 11 is 6.01. The molecule has 9 heteroatoms. The molecule has 0 aliphatic rings. The zero-order chi connectivity index (χ0) is 24.3. The number of ketones is 1. The molecular formula is C24H22ClN5O3. The van der Waals surface area contributed by atoms with E-state index in [1.807, 2.05) is 19.1 Å². The topological polar surface area (TPSA) is 135 Å². The van der Waals surface area contributed by atoms with Gasteiger partial charge in [-0.1, -0.05) is 31.5 Å². The van der Waals surface area contributed by atoms with E-state index >= 15 is 0 Å². The molecule has 0 aliphatic carbocycles. The summed E-state index contributed by atoms with van der Waals surface area (Å²) in [4.78, 5) is 45.5. The lowest BCUT2D eigenvalue weighted by atomic mass is 9.95. The molecule has 3 rings (SSSR count). The van der Waals surface area contributed by atoms with Crippen molar-refractivity contribution in [2.24, 2.45) is 0 Å². The molecule has 0 aliphatic heterocycles. The fourth-order valence-corrected chi connectivity index (χ4v) is 3.91. The number of aromatic nitrogens is 3. The third-order valence-electron chi connectivity index (χ3n) is 4.95. The van der Waals surface area contributed by atoms with Crippen molar-refractivity contribution in [3.63, 3.8) is 0 Å². The maximum absolute atomic E-state index is 13.7. The van der Waals surface area contributed by atoms with Crippen LogP contribution in [0.2, 0.25) is 5.15 Å². The second-order valence-electron chi connectivity index (χ2n) is 7.91. The average molecular weight is 464 g/mol. The number of pyridine rings is 1.